The summed E-state index contributed by atoms with van der Waals surface area (Å²) in [6, 6.07) is 6.64. The largest absolute Gasteiger partial charge is 0.493 e. The molecule has 1 aromatic carbocycles. The quantitative estimate of drug-likeness (QED) is 0.734. The van der Waals surface area contributed by atoms with E-state index < -0.39 is 0 Å². The number of hydrogen-bond donors (Lipinski definition) is 1. The summed E-state index contributed by atoms with van der Waals surface area (Å²) in [7, 11) is 0. The highest BCUT2D eigenvalue weighted by molar-refractivity contribution is 5.34. The van der Waals surface area contributed by atoms with Gasteiger partial charge in [-0.05, 0) is 49.4 Å². The lowest BCUT2D eigenvalue weighted by atomic mass is 10.0. The van der Waals surface area contributed by atoms with Crippen LogP contribution >= 0.6 is 0 Å². The molecular weight excluding hydrogens is 243 g/mol. The molecule has 0 amide bonds. The predicted molar refractivity (Wildman–Crippen MR) is 73.3 cm³/mol. The Bertz CT molecular complexity index is 429. The Hall–Kier alpha value is -1.60. The summed E-state index contributed by atoms with van der Waals surface area (Å²) in [6.07, 6.45) is 3.64. The predicted octanol–water partition coefficient (Wildman–Crippen LogP) is 3.18. The van der Waals surface area contributed by atoms with Gasteiger partial charge in [-0.1, -0.05) is 6.92 Å². The summed E-state index contributed by atoms with van der Waals surface area (Å²) < 4.78 is 18.9. The van der Waals surface area contributed by atoms with Crippen LogP contribution in [0.5, 0.6) is 5.75 Å². The normalized spacial score (nSPS) is 11.9. The molecule has 0 heterocycles. The number of hydrogen-bond acceptors (Lipinski definition) is 3. The average molecular weight is 264 g/mol. The maximum Gasteiger partial charge on any atom is 0.123 e. The van der Waals surface area contributed by atoms with E-state index in [-0.39, 0.29) is 11.9 Å². The number of halogens is 1. The maximum atomic E-state index is 13.3. The minimum atomic E-state index is -0.268. The first-order valence-electron chi connectivity index (χ1n) is 6.71. The number of benzene rings is 1. The van der Waals surface area contributed by atoms with Gasteiger partial charge in [-0.15, -0.1) is 0 Å². The Morgan fingerprint density at radius 2 is 2.21 bits per heavy atom. The maximum absolute atomic E-state index is 13.3. The Labute approximate surface area is 114 Å². The van der Waals surface area contributed by atoms with Gasteiger partial charge in [0.1, 0.15) is 11.6 Å². The van der Waals surface area contributed by atoms with Crippen molar-refractivity contribution in [1.29, 1.82) is 5.26 Å². The van der Waals surface area contributed by atoms with Gasteiger partial charge in [0, 0.05) is 12.5 Å². The molecule has 0 bridgehead atoms. The van der Waals surface area contributed by atoms with Crippen LogP contribution in [0.3, 0.4) is 0 Å². The molecule has 104 valence electrons. The second kappa shape index (κ2) is 8.49. The smallest absolute Gasteiger partial charge is 0.123 e. The van der Waals surface area contributed by atoms with Gasteiger partial charge >= 0.3 is 0 Å². The van der Waals surface area contributed by atoms with Crippen molar-refractivity contribution in [3.8, 4) is 11.8 Å². The van der Waals surface area contributed by atoms with Gasteiger partial charge in [0.25, 0.3) is 0 Å². The van der Waals surface area contributed by atoms with E-state index in [0.29, 0.717) is 25.2 Å². The lowest BCUT2D eigenvalue weighted by Crippen LogP contribution is -2.21. The van der Waals surface area contributed by atoms with Crippen LogP contribution in [0.1, 0.15) is 38.2 Å². The molecule has 0 aliphatic heterocycles. The lowest BCUT2D eigenvalue weighted by molar-refractivity contribution is 0.303. The van der Waals surface area contributed by atoms with Gasteiger partial charge in [0.15, 0.2) is 0 Å². The van der Waals surface area contributed by atoms with Crippen molar-refractivity contribution in [3.63, 3.8) is 0 Å². The van der Waals surface area contributed by atoms with Gasteiger partial charge in [-0.25, -0.2) is 4.39 Å². The molecular formula is C15H21FN2O. The molecule has 1 rings (SSSR count). The summed E-state index contributed by atoms with van der Waals surface area (Å²) in [5.41, 5.74) is 6.72. The van der Waals surface area contributed by atoms with E-state index in [1.807, 2.05) is 6.92 Å². The Morgan fingerprint density at radius 1 is 1.42 bits per heavy atom. The molecule has 1 unspecified atom stereocenters. The zero-order chi connectivity index (χ0) is 14.1. The second-order valence-electron chi connectivity index (χ2n) is 4.59. The highest BCUT2D eigenvalue weighted by Crippen LogP contribution is 2.22. The number of ether oxygens (including phenoxy) is 1. The fourth-order valence-electron chi connectivity index (χ4n) is 1.76. The topological polar surface area (TPSA) is 59.0 Å². The Morgan fingerprint density at radius 3 is 2.89 bits per heavy atom. The monoisotopic (exact) mass is 264 g/mol. The van der Waals surface area contributed by atoms with E-state index in [4.69, 9.17) is 15.7 Å². The van der Waals surface area contributed by atoms with Crippen LogP contribution in [-0.2, 0) is 6.42 Å². The number of nitrogens with zero attached hydrogens (tertiary/aromatic N) is 1. The molecule has 1 aromatic rings. The van der Waals surface area contributed by atoms with Gasteiger partial charge in [-0.2, -0.15) is 5.26 Å². The molecule has 0 saturated carbocycles. The van der Waals surface area contributed by atoms with Gasteiger partial charge in [0.05, 0.1) is 12.7 Å². The SMILES string of the molecule is CCC(N)Cc1cc(F)ccc1OCCCCC#N. The zero-order valence-corrected chi connectivity index (χ0v) is 11.4. The van der Waals surface area contributed by atoms with E-state index in [0.717, 1.165) is 24.8 Å². The molecule has 0 fully saturated rings. The summed E-state index contributed by atoms with van der Waals surface area (Å²) in [5, 5.41) is 8.44. The Kier molecular flexibility index (Phi) is 6.91. The first kappa shape index (κ1) is 15.5. The molecule has 2 N–H and O–H groups in total. The fourth-order valence-corrected chi connectivity index (χ4v) is 1.76. The highest BCUT2D eigenvalue weighted by Gasteiger charge is 2.09. The van der Waals surface area contributed by atoms with Crippen LogP contribution < -0.4 is 10.5 Å². The van der Waals surface area contributed by atoms with Crippen molar-refractivity contribution in [1.82, 2.24) is 0 Å². The van der Waals surface area contributed by atoms with Crippen molar-refractivity contribution in [2.75, 3.05) is 6.61 Å². The van der Waals surface area contributed by atoms with Crippen molar-refractivity contribution in [2.45, 2.75) is 45.1 Å². The molecule has 1 atom stereocenters. The third-order valence-corrected chi connectivity index (χ3v) is 2.97. The zero-order valence-electron chi connectivity index (χ0n) is 11.4. The van der Waals surface area contributed by atoms with Gasteiger partial charge < -0.3 is 10.5 Å². The van der Waals surface area contributed by atoms with Crippen LogP contribution in [0.25, 0.3) is 0 Å². The summed E-state index contributed by atoms with van der Waals surface area (Å²) in [5.74, 6) is 0.428. The van der Waals surface area contributed by atoms with Crippen LogP contribution in [0.4, 0.5) is 4.39 Å². The molecule has 0 aliphatic rings. The van der Waals surface area contributed by atoms with Gasteiger partial charge in [0.2, 0.25) is 0 Å². The fraction of sp³-hybridized carbons (Fsp3) is 0.533. The molecule has 0 aliphatic carbocycles. The average Bonchev–Trinajstić information content (AvgIpc) is 2.40. The van der Waals surface area contributed by atoms with E-state index in [1.165, 1.54) is 12.1 Å². The standard InChI is InChI=1S/C15H21FN2O/c1-2-14(18)11-12-10-13(16)6-7-15(12)19-9-5-3-4-8-17/h6-7,10,14H,2-5,9,11,18H2,1H3. The first-order valence-corrected chi connectivity index (χ1v) is 6.71. The summed E-state index contributed by atoms with van der Waals surface area (Å²) in [4.78, 5) is 0. The third-order valence-electron chi connectivity index (χ3n) is 2.97. The summed E-state index contributed by atoms with van der Waals surface area (Å²) in [6.45, 7) is 2.55. The molecule has 0 radical (unpaired) electrons. The molecule has 3 nitrogen and oxygen atoms in total. The van der Waals surface area contributed by atoms with Crippen molar-refractivity contribution >= 4 is 0 Å². The van der Waals surface area contributed by atoms with Crippen LogP contribution in [0.15, 0.2) is 18.2 Å². The van der Waals surface area contributed by atoms with E-state index >= 15 is 0 Å². The number of nitriles is 1. The molecule has 0 aromatic heterocycles. The van der Waals surface area contributed by atoms with Crippen molar-refractivity contribution < 1.29 is 9.13 Å². The molecule has 0 spiro atoms. The Balaban J connectivity index is 2.58. The summed E-state index contributed by atoms with van der Waals surface area (Å²) >= 11 is 0. The molecule has 4 heteroatoms. The lowest BCUT2D eigenvalue weighted by Gasteiger charge is -2.14. The van der Waals surface area contributed by atoms with Crippen LogP contribution in [-0.4, -0.2) is 12.6 Å². The van der Waals surface area contributed by atoms with Crippen LogP contribution in [0.2, 0.25) is 0 Å². The third kappa shape index (κ3) is 5.71. The van der Waals surface area contributed by atoms with Crippen molar-refractivity contribution in [3.05, 3.63) is 29.6 Å². The first-order chi connectivity index (χ1) is 9.17. The van der Waals surface area contributed by atoms with Crippen LogP contribution in [0, 0.1) is 17.1 Å². The van der Waals surface area contributed by atoms with Gasteiger partial charge in [-0.3, -0.25) is 0 Å². The van der Waals surface area contributed by atoms with E-state index in [9.17, 15) is 4.39 Å². The van der Waals surface area contributed by atoms with E-state index in [2.05, 4.69) is 6.07 Å². The second-order valence-corrected chi connectivity index (χ2v) is 4.59. The number of rotatable bonds is 8. The van der Waals surface area contributed by atoms with E-state index in [1.54, 1.807) is 6.07 Å². The highest BCUT2D eigenvalue weighted by atomic mass is 19.1. The minimum Gasteiger partial charge on any atom is -0.493 e. The number of nitrogens with two attached hydrogens (primary N) is 1. The van der Waals surface area contributed by atoms with Crippen molar-refractivity contribution in [2.24, 2.45) is 5.73 Å². The molecule has 0 saturated heterocycles. The molecule has 19 heavy (non-hydrogen) atoms. The minimum absolute atomic E-state index is 0.0164. The number of unbranched alkanes of at least 4 members (excludes halogenated alkanes) is 2.